The SMILES string of the molecule is O=C(Nc1ccsc1)Nc1sccc1C(=O)O. The normalized spacial score (nSPS) is 9.88. The molecule has 2 aromatic heterocycles. The molecule has 2 heterocycles. The Kier molecular flexibility index (Phi) is 3.40. The molecule has 5 nitrogen and oxygen atoms in total. The van der Waals surface area contributed by atoms with Crippen molar-refractivity contribution < 1.29 is 14.7 Å². The molecule has 88 valence electrons. The van der Waals surface area contributed by atoms with E-state index < -0.39 is 12.0 Å². The number of hydrogen-bond acceptors (Lipinski definition) is 4. The monoisotopic (exact) mass is 268 g/mol. The lowest BCUT2D eigenvalue weighted by atomic mass is 10.3. The highest BCUT2D eigenvalue weighted by Crippen LogP contribution is 2.23. The van der Waals surface area contributed by atoms with E-state index in [1.807, 2.05) is 5.38 Å². The Labute approximate surface area is 105 Å². The second-order valence-corrected chi connectivity index (χ2v) is 4.76. The van der Waals surface area contributed by atoms with Crippen LogP contribution >= 0.6 is 22.7 Å². The van der Waals surface area contributed by atoms with E-state index in [4.69, 9.17) is 5.11 Å². The van der Waals surface area contributed by atoms with Crippen LogP contribution in [0.25, 0.3) is 0 Å². The molecule has 0 aliphatic rings. The minimum atomic E-state index is -1.06. The molecule has 0 fully saturated rings. The van der Waals surface area contributed by atoms with Gasteiger partial charge in [-0.15, -0.1) is 11.3 Å². The first-order valence-corrected chi connectivity index (χ1v) is 6.40. The minimum absolute atomic E-state index is 0.0930. The zero-order chi connectivity index (χ0) is 12.3. The molecule has 0 aromatic carbocycles. The average Bonchev–Trinajstić information content (AvgIpc) is 2.88. The fourth-order valence-corrected chi connectivity index (χ4v) is 2.54. The Hall–Kier alpha value is -1.86. The number of urea groups is 1. The highest BCUT2D eigenvalue weighted by atomic mass is 32.1. The number of thiophene rings is 2. The number of carboxylic acids is 1. The fourth-order valence-electron chi connectivity index (χ4n) is 1.18. The number of hydrogen-bond donors (Lipinski definition) is 3. The van der Waals surface area contributed by atoms with Crippen LogP contribution in [0.1, 0.15) is 10.4 Å². The lowest BCUT2D eigenvalue weighted by molar-refractivity contribution is 0.0698. The molecular formula is C10H8N2O3S2. The molecule has 0 bridgehead atoms. The van der Waals surface area contributed by atoms with Gasteiger partial charge in [0.1, 0.15) is 5.00 Å². The summed E-state index contributed by atoms with van der Waals surface area (Å²) < 4.78 is 0. The van der Waals surface area contributed by atoms with Gasteiger partial charge in [-0.1, -0.05) is 0 Å². The predicted octanol–water partition coefficient (Wildman–Crippen LogP) is 3.15. The van der Waals surface area contributed by atoms with Crippen LogP contribution in [0, 0.1) is 0 Å². The summed E-state index contributed by atoms with van der Waals surface area (Å²) in [6.45, 7) is 0. The summed E-state index contributed by atoms with van der Waals surface area (Å²) >= 11 is 2.63. The van der Waals surface area contributed by atoms with Crippen molar-refractivity contribution in [2.75, 3.05) is 10.6 Å². The maximum atomic E-state index is 11.5. The first-order chi connectivity index (χ1) is 8.16. The third-order valence-corrected chi connectivity index (χ3v) is 3.41. The van der Waals surface area contributed by atoms with Crippen molar-refractivity contribution in [3.63, 3.8) is 0 Å². The van der Waals surface area contributed by atoms with Crippen LogP contribution in [0.3, 0.4) is 0 Å². The van der Waals surface area contributed by atoms with Gasteiger partial charge in [0.2, 0.25) is 0 Å². The zero-order valence-corrected chi connectivity index (χ0v) is 10.1. The first-order valence-electron chi connectivity index (χ1n) is 4.58. The highest BCUT2D eigenvalue weighted by molar-refractivity contribution is 7.14. The van der Waals surface area contributed by atoms with E-state index in [0.717, 1.165) is 0 Å². The van der Waals surface area contributed by atoms with Crippen LogP contribution in [-0.4, -0.2) is 17.1 Å². The van der Waals surface area contributed by atoms with E-state index in [1.165, 1.54) is 28.7 Å². The molecule has 0 atom stereocenters. The number of carbonyl (C=O) groups is 2. The number of carboxylic acid groups (broad SMARTS) is 1. The minimum Gasteiger partial charge on any atom is -0.478 e. The number of carbonyl (C=O) groups excluding carboxylic acids is 1. The van der Waals surface area contributed by atoms with E-state index in [2.05, 4.69) is 10.6 Å². The van der Waals surface area contributed by atoms with Gasteiger partial charge in [-0.2, -0.15) is 11.3 Å². The molecule has 0 aliphatic heterocycles. The fraction of sp³-hybridized carbons (Fsp3) is 0. The summed E-state index contributed by atoms with van der Waals surface area (Å²) in [5.41, 5.74) is 0.774. The number of aromatic carboxylic acids is 1. The molecule has 3 N–H and O–H groups in total. The van der Waals surface area contributed by atoms with Crippen molar-refractivity contribution >= 4 is 45.4 Å². The summed E-state index contributed by atoms with van der Waals surface area (Å²) in [5.74, 6) is -1.06. The summed E-state index contributed by atoms with van der Waals surface area (Å²) in [7, 11) is 0. The molecule has 17 heavy (non-hydrogen) atoms. The van der Waals surface area contributed by atoms with Gasteiger partial charge < -0.3 is 10.4 Å². The molecule has 0 aliphatic carbocycles. The molecular weight excluding hydrogens is 260 g/mol. The number of amides is 2. The van der Waals surface area contributed by atoms with Crippen molar-refractivity contribution in [2.45, 2.75) is 0 Å². The Balaban J connectivity index is 2.03. The van der Waals surface area contributed by atoms with Crippen LogP contribution < -0.4 is 10.6 Å². The first kappa shape index (κ1) is 11.6. The van der Waals surface area contributed by atoms with Gasteiger partial charge in [0.05, 0.1) is 11.3 Å². The zero-order valence-electron chi connectivity index (χ0n) is 8.47. The van der Waals surface area contributed by atoms with Crippen LogP contribution in [0.4, 0.5) is 15.5 Å². The molecule has 0 saturated carbocycles. The summed E-state index contributed by atoms with van der Waals surface area (Å²) in [6.07, 6.45) is 0. The Bertz CT molecular complexity index is 534. The number of rotatable bonds is 3. The topological polar surface area (TPSA) is 78.4 Å². The molecule has 2 amide bonds. The highest BCUT2D eigenvalue weighted by Gasteiger charge is 2.13. The molecule has 0 saturated heterocycles. The van der Waals surface area contributed by atoms with Gasteiger partial charge in [-0.3, -0.25) is 5.32 Å². The third-order valence-electron chi connectivity index (χ3n) is 1.90. The second-order valence-electron chi connectivity index (χ2n) is 3.06. The van der Waals surface area contributed by atoms with Crippen molar-refractivity contribution in [3.05, 3.63) is 33.8 Å². The van der Waals surface area contributed by atoms with Crippen molar-refractivity contribution in [1.82, 2.24) is 0 Å². The van der Waals surface area contributed by atoms with Crippen LogP contribution in [-0.2, 0) is 0 Å². The standard InChI is InChI=1S/C10H8N2O3S2/c13-9(14)7-2-4-17-8(7)12-10(15)11-6-1-3-16-5-6/h1-5H,(H,13,14)(H2,11,12,15). The van der Waals surface area contributed by atoms with Gasteiger partial charge in [0.15, 0.2) is 0 Å². The van der Waals surface area contributed by atoms with Crippen molar-refractivity contribution in [3.8, 4) is 0 Å². The van der Waals surface area contributed by atoms with Crippen LogP contribution in [0.15, 0.2) is 28.3 Å². The molecule has 2 aromatic rings. The molecule has 7 heteroatoms. The van der Waals surface area contributed by atoms with Gasteiger partial charge in [-0.05, 0) is 22.9 Å². The lowest BCUT2D eigenvalue weighted by Crippen LogP contribution is -2.19. The third kappa shape index (κ3) is 2.83. The Morgan fingerprint density at radius 1 is 1.18 bits per heavy atom. The maximum Gasteiger partial charge on any atom is 0.338 e. The van der Waals surface area contributed by atoms with E-state index in [-0.39, 0.29) is 5.56 Å². The Morgan fingerprint density at radius 2 is 2.00 bits per heavy atom. The molecule has 2 rings (SSSR count). The number of anilines is 2. The summed E-state index contributed by atoms with van der Waals surface area (Å²) in [4.78, 5) is 22.4. The van der Waals surface area contributed by atoms with E-state index in [9.17, 15) is 9.59 Å². The molecule has 0 spiro atoms. The molecule has 0 radical (unpaired) electrons. The van der Waals surface area contributed by atoms with Gasteiger partial charge >= 0.3 is 12.0 Å². The molecule has 0 unspecified atom stereocenters. The predicted molar refractivity (Wildman–Crippen MR) is 68.2 cm³/mol. The maximum absolute atomic E-state index is 11.5. The average molecular weight is 268 g/mol. The second kappa shape index (κ2) is 4.98. The van der Waals surface area contributed by atoms with Crippen molar-refractivity contribution in [2.24, 2.45) is 0 Å². The van der Waals surface area contributed by atoms with E-state index in [0.29, 0.717) is 10.7 Å². The quantitative estimate of drug-likeness (QED) is 0.800. The van der Waals surface area contributed by atoms with Crippen LogP contribution in [0.5, 0.6) is 0 Å². The van der Waals surface area contributed by atoms with E-state index in [1.54, 1.807) is 16.8 Å². The van der Waals surface area contributed by atoms with Crippen molar-refractivity contribution in [1.29, 1.82) is 0 Å². The smallest absolute Gasteiger partial charge is 0.338 e. The number of nitrogens with one attached hydrogen (secondary N) is 2. The van der Waals surface area contributed by atoms with Gasteiger partial charge in [0.25, 0.3) is 0 Å². The summed E-state index contributed by atoms with van der Waals surface area (Å²) in [6, 6.07) is 2.76. The van der Waals surface area contributed by atoms with Gasteiger partial charge in [0, 0.05) is 5.38 Å². The van der Waals surface area contributed by atoms with Crippen LogP contribution in [0.2, 0.25) is 0 Å². The summed E-state index contributed by atoms with van der Waals surface area (Å²) in [5, 5.41) is 19.5. The largest absolute Gasteiger partial charge is 0.478 e. The van der Waals surface area contributed by atoms with Gasteiger partial charge in [-0.25, -0.2) is 9.59 Å². The lowest BCUT2D eigenvalue weighted by Gasteiger charge is -2.04. The Morgan fingerprint density at radius 3 is 2.65 bits per heavy atom. The van der Waals surface area contributed by atoms with E-state index >= 15 is 0 Å².